The van der Waals surface area contributed by atoms with Crippen molar-refractivity contribution < 1.29 is 17.4 Å². The van der Waals surface area contributed by atoms with E-state index in [-0.39, 0.29) is 12.4 Å². The van der Waals surface area contributed by atoms with Gasteiger partial charge in [-0.3, -0.25) is 4.21 Å². The summed E-state index contributed by atoms with van der Waals surface area (Å²) in [4.78, 5) is 3.64. The minimum atomic E-state index is -4.43. The molecule has 7 heteroatoms. The molecule has 0 fully saturated rings. The van der Waals surface area contributed by atoms with Crippen molar-refractivity contribution in [3.8, 4) is 0 Å². The molecular formula is C10H13F3N2OS. The molecule has 3 nitrogen and oxygen atoms in total. The van der Waals surface area contributed by atoms with Crippen LogP contribution < -0.4 is 5.32 Å². The van der Waals surface area contributed by atoms with Gasteiger partial charge in [0.1, 0.15) is 5.82 Å². The molecule has 0 aromatic carbocycles. The molecule has 0 aliphatic heterocycles. The van der Waals surface area contributed by atoms with Gasteiger partial charge >= 0.3 is 6.18 Å². The average molecular weight is 266 g/mol. The highest BCUT2D eigenvalue weighted by Crippen LogP contribution is 2.33. The number of hydrogen-bond acceptors (Lipinski definition) is 3. The number of rotatable bonds is 5. The lowest BCUT2D eigenvalue weighted by Crippen LogP contribution is -2.16. The third-order valence-corrected chi connectivity index (χ3v) is 3.36. The van der Waals surface area contributed by atoms with E-state index in [1.807, 2.05) is 0 Å². The van der Waals surface area contributed by atoms with E-state index in [9.17, 15) is 17.4 Å². The Labute approximate surface area is 99.9 Å². The number of hydrogen-bond donors (Lipinski definition) is 1. The van der Waals surface area contributed by atoms with E-state index < -0.39 is 22.5 Å². The van der Waals surface area contributed by atoms with Gasteiger partial charge in [-0.2, -0.15) is 13.2 Å². The number of anilines is 1. The highest BCUT2D eigenvalue weighted by atomic mass is 32.2. The number of halogens is 3. The van der Waals surface area contributed by atoms with Gasteiger partial charge in [-0.05, 0) is 12.1 Å². The SMILES string of the molecule is CCS(=O)CCNc1ncccc1C(F)(F)F. The summed E-state index contributed by atoms with van der Waals surface area (Å²) < 4.78 is 48.8. The molecule has 17 heavy (non-hydrogen) atoms. The van der Waals surface area contributed by atoms with Crippen molar-refractivity contribution in [2.75, 3.05) is 23.4 Å². The van der Waals surface area contributed by atoms with Crippen LogP contribution >= 0.6 is 0 Å². The van der Waals surface area contributed by atoms with Crippen molar-refractivity contribution in [1.29, 1.82) is 0 Å². The quantitative estimate of drug-likeness (QED) is 0.889. The molecular weight excluding hydrogens is 253 g/mol. The molecule has 1 aromatic rings. The van der Waals surface area contributed by atoms with E-state index in [4.69, 9.17) is 0 Å². The zero-order valence-corrected chi connectivity index (χ0v) is 10.1. The van der Waals surface area contributed by atoms with Crippen LogP contribution in [0.15, 0.2) is 18.3 Å². The first kappa shape index (κ1) is 14.0. The fourth-order valence-electron chi connectivity index (χ4n) is 1.20. The molecule has 1 aromatic heterocycles. The van der Waals surface area contributed by atoms with Gasteiger partial charge < -0.3 is 5.32 Å². The minimum absolute atomic E-state index is 0.209. The second-order valence-corrected chi connectivity index (χ2v) is 5.12. The Bertz CT molecular complexity index is 395. The molecule has 0 aliphatic rings. The molecule has 1 atom stereocenters. The summed E-state index contributed by atoms with van der Waals surface area (Å²) in [7, 11) is -1.000. The Morgan fingerprint density at radius 2 is 2.18 bits per heavy atom. The molecule has 0 radical (unpaired) electrons. The van der Waals surface area contributed by atoms with Crippen molar-refractivity contribution in [2.45, 2.75) is 13.1 Å². The minimum Gasteiger partial charge on any atom is -0.369 e. The van der Waals surface area contributed by atoms with E-state index in [0.29, 0.717) is 11.5 Å². The molecule has 0 amide bonds. The summed E-state index contributed by atoms with van der Waals surface area (Å²) in [5.74, 6) is 0.591. The molecule has 0 saturated heterocycles. The van der Waals surface area contributed by atoms with E-state index in [1.54, 1.807) is 6.92 Å². The largest absolute Gasteiger partial charge is 0.419 e. The zero-order chi connectivity index (χ0) is 12.9. The summed E-state index contributed by atoms with van der Waals surface area (Å²) >= 11 is 0. The first-order chi connectivity index (χ1) is 7.95. The van der Waals surface area contributed by atoms with Gasteiger partial charge in [0.05, 0.1) is 5.56 Å². The smallest absolute Gasteiger partial charge is 0.369 e. The maximum Gasteiger partial charge on any atom is 0.419 e. The van der Waals surface area contributed by atoms with Crippen molar-refractivity contribution in [1.82, 2.24) is 4.98 Å². The van der Waals surface area contributed by atoms with E-state index in [1.165, 1.54) is 12.3 Å². The van der Waals surface area contributed by atoms with Crippen molar-refractivity contribution in [2.24, 2.45) is 0 Å². The molecule has 0 spiro atoms. The van der Waals surface area contributed by atoms with Gasteiger partial charge in [0.25, 0.3) is 0 Å². The van der Waals surface area contributed by atoms with Crippen molar-refractivity contribution in [3.05, 3.63) is 23.9 Å². The van der Waals surface area contributed by atoms with Crippen LogP contribution in [0.5, 0.6) is 0 Å². The van der Waals surface area contributed by atoms with Crippen LogP contribution in [0.3, 0.4) is 0 Å². The van der Waals surface area contributed by atoms with E-state index in [2.05, 4.69) is 10.3 Å². The van der Waals surface area contributed by atoms with Crippen molar-refractivity contribution in [3.63, 3.8) is 0 Å². The number of aromatic nitrogens is 1. The summed E-state index contributed by atoms with van der Waals surface area (Å²) in [6, 6.07) is 2.20. The van der Waals surface area contributed by atoms with Crippen LogP contribution in [-0.4, -0.2) is 27.2 Å². The van der Waals surface area contributed by atoms with Gasteiger partial charge in [-0.15, -0.1) is 0 Å². The molecule has 1 rings (SSSR count). The number of nitrogens with one attached hydrogen (secondary N) is 1. The van der Waals surface area contributed by atoms with Crippen LogP contribution in [0, 0.1) is 0 Å². The maximum absolute atomic E-state index is 12.6. The summed E-state index contributed by atoms with van der Waals surface area (Å²) in [5.41, 5.74) is -0.803. The molecule has 0 bridgehead atoms. The Balaban J connectivity index is 2.68. The van der Waals surface area contributed by atoms with Gasteiger partial charge in [0, 0.05) is 35.0 Å². The molecule has 96 valence electrons. The lowest BCUT2D eigenvalue weighted by Gasteiger charge is -2.12. The first-order valence-corrected chi connectivity index (χ1v) is 6.55. The average Bonchev–Trinajstić information content (AvgIpc) is 2.28. The Morgan fingerprint density at radius 1 is 1.47 bits per heavy atom. The Kier molecular flexibility index (Phi) is 4.92. The van der Waals surface area contributed by atoms with E-state index >= 15 is 0 Å². The number of nitrogens with zero attached hydrogens (tertiary/aromatic N) is 1. The second-order valence-electron chi connectivity index (χ2n) is 3.26. The molecule has 0 aliphatic carbocycles. The normalized spacial score (nSPS) is 13.4. The topological polar surface area (TPSA) is 42.0 Å². The highest BCUT2D eigenvalue weighted by molar-refractivity contribution is 7.84. The third-order valence-electron chi connectivity index (χ3n) is 2.06. The first-order valence-electron chi connectivity index (χ1n) is 5.06. The number of pyridine rings is 1. The predicted molar refractivity (Wildman–Crippen MR) is 61.3 cm³/mol. The summed E-state index contributed by atoms with van der Waals surface area (Å²) in [6.45, 7) is 1.97. The van der Waals surface area contributed by atoms with Gasteiger partial charge in [-0.1, -0.05) is 6.92 Å². The van der Waals surface area contributed by atoms with Gasteiger partial charge in [-0.25, -0.2) is 4.98 Å². The van der Waals surface area contributed by atoms with Gasteiger partial charge in [0.15, 0.2) is 0 Å². The van der Waals surface area contributed by atoms with Crippen LogP contribution in [0.2, 0.25) is 0 Å². The number of alkyl halides is 3. The molecule has 1 unspecified atom stereocenters. The van der Waals surface area contributed by atoms with Crippen LogP contribution in [0.1, 0.15) is 12.5 Å². The Hall–Kier alpha value is -1.11. The monoisotopic (exact) mass is 266 g/mol. The van der Waals surface area contributed by atoms with E-state index in [0.717, 1.165) is 6.07 Å². The lowest BCUT2D eigenvalue weighted by atomic mass is 10.2. The predicted octanol–water partition coefficient (Wildman–Crippen LogP) is 2.28. The van der Waals surface area contributed by atoms with Gasteiger partial charge in [0.2, 0.25) is 0 Å². The fraction of sp³-hybridized carbons (Fsp3) is 0.500. The molecule has 1 N–H and O–H groups in total. The van der Waals surface area contributed by atoms with Crippen molar-refractivity contribution >= 4 is 16.6 Å². The summed E-state index contributed by atoms with van der Waals surface area (Å²) in [5, 5.41) is 2.56. The maximum atomic E-state index is 12.6. The fourth-order valence-corrected chi connectivity index (χ4v) is 1.82. The second kappa shape index (κ2) is 6.00. The van der Waals surface area contributed by atoms with Crippen LogP contribution in [0.4, 0.5) is 19.0 Å². The lowest BCUT2D eigenvalue weighted by molar-refractivity contribution is -0.137. The Morgan fingerprint density at radius 3 is 2.76 bits per heavy atom. The molecule has 0 saturated carbocycles. The zero-order valence-electron chi connectivity index (χ0n) is 9.25. The third kappa shape index (κ3) is 4.33. The standard InChI is InChI=1S/C10H13F3N2OS/c1-2-17(16)7-6-15-9-8(10(11,12)13)4-3-5-14-9/h3-5H,2,6-7H2,1H3,(H,14,15). The highest BCUT2D eigenvalue weighted by Gasteiger charge is 2.33. The van der Waals surface area contributed by atoms with Crippen LogP contribution in [0.25, 0.3) is 0 Å². The van der Waals surface area contributed by atoms with Crippen LogP contribution in [-0.2, 0) is 17.0 Å². The summed E-state index contributed by atoms with van der Waals surface area (Å²) in [6.07, 6.45) is -3.14. The molecule has 1 heterocycles.